The van der Waals surface area contributed by atoms with Gasteiger partial charge in [0.05, 0.1) is 0 Å². The molecule has 0 aliphatic rings. The summed E-state index contributed by atoms with van der Waals surface area (Å²) in [6.45, 7) is 9.97. The molecular formula is C18H25N3O3. The Morgan fingerprint density at radius 2 is 1.83 bits per heavy atom. The van der Waals surface area contributed by atoms with Crippen molar-refractivity contribution < 1.29 is 14.4 Å². The number of aromatic carboxylic acids is 1. The second kappa shape index (κ2) is 7.97. The molecule has 2 rings (SSSR count). The number of hydrogen-bond acceptors (Lipinski definition) is 5. The van der Waals surface area contributed by atoms with Gasteiger partial charge in [-0.2, -0.15) is 0 Å². The van der Waals surface area contributed by atoms with E-state index in [1.165, 1.54) is 0 Å². The van der Waals surface area contributed by atoms with Crippen molar-refractivity contribution >= 4 is 11.8 Å². The van der Waals surface area contributed by atoms with Crippen molar-refractivity contribution in [2.45, 2.75) is 39.8 Å². The van der Waals surface area contributed by atoms with Crippen LogP contribution >= 0.6 is 0 Å². The summed E-state index contributed by atoms with van der Waals surface area (Å²) in [7, 11) is 0. The number of aromatic nitrogens is 1. The quantitative estimate of drug-likeness (QED) is 0.770. The van der Waals surface area contributed by atoms with Crippen LogP contribution in [0, 0.1) is 0 Å². The van der Waals surface area contributed by atoms with E-state index < -0.39 is 5.97 Å². The van der Waals surface area contributed by atoms with Gasteiger partial charge in [0.2, 0.25) is 0 Å². The van der Waals surface area contributed by atoms with Crippen LogP contribution in [0.1, 0.15) is 38.1 Å². The van der Waals surface area contributed by atoms with Gasteiger partial charge >= 0.3 is 5.97 Å². The minimum atomic E-state index is -1.05. The summed E-state index contributed by atoms with van der Waals surface area (Å²) in [5.41, 5.74) is 0.767. The largest absolute Gasteiger partial charge is 0.477 e. The Morgan fingerprint density at radius 1 is 1.21 bits per heavy atom. The number of hydrogen-bond donors (Lipinski definition) is 2. The fourth-order valence-corrected chi connectivity index (χ4v) is 2.81. The average molecular weight is 331 g/mol. The molecule has 0 bridgehead atoms. The molecule has 0 aliphatic heterocycles. The van der Waals surface area contributed by atoms with Gasteiger partial charge in [-0.05, 0) is 27.7 Å². The van der Waals surface area contributed by atoms with E-state index in [0.717, 1.165) is 6.54 Å². The van der Waals surface area contributed by atoms with Gasteiger partial charge in [0.1, 0.15) is 0 Å². The first-order valence-corrected chi connectivity index (χ1v) is 8.19. The molecule has 0 saturated heterocycles. The molecule has 0 amide bonds. The predicted octanol–water partition coefficient (Wildman–Crippen LogP) is 3.57. The fraction of sp³-hybridized carbons (Fsp3) is 0.444. The van der Waals surface area contributed by atoms with Gasteiger partial charge in [-0.25, -0.2) is 4.79 Å². The van der Waals surface area contributed by atoms with Crippen LogP contribution in [0.3, 0.4) is 0 Å². The molecular weight excluding hydrogens is 306 g/mol. The Labute approximate surface area is 142 Å². The van der Waals surface area contributed by atoms with E-state index in [1.54, 1.807) is 12.1 Å². The fourth-order valence-electron chi connectivity index (χ4n) is 2.81. The van der Waals surface area contributed by atoms with Gasteiger partial charge in [-0.15, -0.1) is 0 Å². The van der Waals surface area contributed by atoms with Gasteiger partial charge < -0.3 is 14.9 Å². The molecule has 0 unspecified atom stereocenters. The lowest BCUT2D eigenvalue weighted by Crippen LogP contribution is -2.40. The molecule has 130 valence electrons. The summed E-state index contributed by atoms with van der Waals surface area (Å²) < 4.78 is 5.29. The highest BCUT2D eigenvalue weighted by Crippen LogP contribution is 2.29. The highest BCUT2D eigenvalue weighted by atomic mass is 16.5. The van der Waals surface area contributed by atoms with E-state index in [2.05, 4.69) is 43.1 Å². The molecule has 6 nitrogen and oxygen atoms in total. The number of carboxylic acids is 1. The highest BCUT2D eigenvalue weighted by molar-refractivity contribution is 5.99. The maximum Gasteiger partial charge on any atom is 0.343 e. The Hall–Kier alpha value is -2.34. The summed E-state index contributed by atoms with van der Waals surface area (Å²) in [6, 6.07) is 9.98. The van der Waals surface area contributed by atoms with Crippen LogP contribution in [0.25, 0.3) is 11.3 Å². The maximum absolute atomic E-state index is 11.6. The molecule has 24 heavy (non-hydrogen) atoms. The zero-order chi connectivity index (χ0) is 17.7. The third-order valence-corrected chi connectivity index (χ3v) is 3.93. The molecule has 0 fully saturated rings. The van der Waals surface area contributed by atoms with Gasteiger partial charge in [-0.1, -0.05) is 35.5 Å². The monoisotopic (exact) mass is 331 g/mol. The number of carboxylic acid groups (broad SMARTS) is 1. The van der Waals surface area contributed by atoms with Gasteiger partial charge in [0.25, 0.3) is 0 Å². The van der Waals surface area contributed by atoms with Crippen LogP contribution in [0.4, 0.5) is 5.82 Å². The lowest BCUT2D eigenvalue weighted by molar-refractivity contribution is 0.0698. The molecule has 2 N–H and O–H groups in total. The molecule has 0 aliphatic carbocycles. The molecule has 6 heteroatoms. The van der Waals surface area contributed by atoms with E-state index in [1.807, 2.05) is 18.2 Å². The molecule has 0 saturated carbocycles. The Kier molecular flexibility index (Phi) is 5.98. The highest BCUT2D eigenvalue weighted by Gasteiger charge is 2.23. The lowest BCUT2D eigenvalue weighted by Gasteiger charge is -2.30. The van der Waals surface area contributed by atoms with E-state index >= 15 is 0 Å². The SMILES string of the molecule is CC(C)N(CCNc1noc(-c2ccccc2)c1C(=O)O)C(C)C. The van der Waals surface area contributed by atoms with Gasteiger partial charge in [0, 0.05) is 30.7 Å². The van der Waals surface area contributed by atoms with Crippen molar-refractivity contribution in [3.05, 3.63) is 35.9 Å². The lowest BCUT2D eigenvalue weighted by atomic mass is 10.1. The van der Waals surface area contributed by atoms with Crippen molar-refractivity contribution in [2.24, 2.45) is 0 Å². The molecule has 2 aromatic rings. The van der Waals surface area contributed by atoms with E-state index in [9.17, 15) is 9.90 Å². The summed E-state index contributed by atoms with van der Waals surface area (Å²) >= 11 is 0. The first-order chi connectivity index (χ1) is 11.4. The molecule has 0 radical (unpaired) electrons. The van der Waals surface area contributed by atoms with Crippen molar-refractivity contribution in [3.8, 4) is 11.3 Å². The molecule has 0 atom stereocenters. The predicted molar refractivity (Wildman–Crippen MR) is 94.4 cm³/mol. The number of benzene rings is 1. The molecule has 1 aromatic carbocycles. The minimum absolute atomic E-state index is 0.0712. The number of anilines is 1. The van der Waals surface area contributed by atoms with Gasteiger partial charge in [-0.3, -0.25) is 4.90 Å². The summed E-state index contributed by atoms with van der Waals surface area (Å²) in [4.78, 5) is 14.0. The van der Waals surface area contributed by atoms with E-state index in [0.29, 0.717) is 24.2 Å². The van der Waals surface area contributed by atoms with Gasteiger partial charge in [0.15, 0.2) is 17.1 Å². The van der Waals surface area contributed by atoms with E-state index in [4.69, 9.17) is 4.52 Å². The van der Waals surface area contributed by atoms with Crippen LogP contribution < -0.4 is 5.32 Å². The Bertz CT molecular complexity index is 657. The van der Waals surface area contributed by atoms with Crippen molar-refractivity contribution in [1.82, 2.24) is 10.1 Å². The Morgan fingerprint density at radius 3 is 2.38 bits per heavy atom. The maximum atomic E-state index is 11.6. The third-order valence-electron chi connectivity index (χ3n) is 3.93. The summed E-state index contributed by atoms with van der Waals surface area (Å²) in [5.74, 6) is -0.508. The number of nitrogens with zero attached hydrogens (tertiary/aromatic N) is 2. The average Bonchev–Trinajstić information content (AvgIpc) is 2.95. The second-order valence-electron chi connectivity index (χ2n) is 6.26. The zero-order valence-corrected chi connectivity index (χ0v) is 14.6. The molecule has 1 heterocycles. The van der Waals surface area contributed by atoms with Crippen LogP contribution in [-0.2, 0) is 0 Å². The first kappa shape index (κ1) is 18.0. The van der Waals surface area contributed by atoms with Crippen molar-refractivity contribution in [3.63, 3.8) is 0 Å². The number of nitrogens with one attached hydrogen (secondary N) is 1. The molecule has 0 spiro atoms. The van der Waals surface area contributed by atoms with E-state index in [-0.39, 0.29) is 17.1 Å². The van der Waals surface area contributed by atoms with Crippen LogP contribution in [-0.4, -0.2) is 46.3 Å². The van der Waals surface area contributed by atoms with Crippen molar-refractivity contribution in [1.29, 1.82) is 0 Å². The first-order valence-electron chi connectivity index (χ1n) is 8.19. The number of rotatable bonds is 8. The smallest absolute Gasteiger partial charge is 0.343 e. The topological polar surface area (TPSA) is 78.6 Å². The standard InChI is InChI=1S/C18H25N3O3/c1-12(2)21(13(3)4)11-10-19-17-15(18(22)23)16(24-20-17)14-8-6-5-7-9-14/h5-9,12-13H,10-11H2,1-4H3,(H,19,20)(H,22,23). The second-order valence-corrected chi connectivity index (χ2v) is 6.26. The van der Waals surface area contributed by atoms with Crippen LogP contribution in [0.15, 0.2) is 34.9 Å². The molecule has 1 aromatic heterocycles. The third kappa shape index (κ3) is 4.14. The number of carbonyl (C=O) groups is 1. The summed E-state index contributed by atoms with van der Waals surface area (Å²) in [5, 5.41) is 16.5. The van der Waals surface area contributed by atoms with Crippen molar-refractivity contribution in [2.75, 3.05) is 18.4 Å². The Balaban J connectivity index is 2.14. The van der Waals surface area contributed by atoms with Crippen LogP contribution in [0.5, 0.6) is 0 Å². The van der Waals surface area contributed by atoms with Crippen LogP contribution in [0.2, 0.25) is 0 Å². The normalized spacial score (nSPS) is 11.5. The minimum Gasteiger partial charge on any atom is -0.477 e. The zero-order valence-electron chi connectivity index (χ0n) is 14.6. The summed E-state index contributed by atoms with van der Waals surface area (Å²) in [6.07, 6.45) is 0.